The third-order valence-electron chi connectivity index (χ3n) is 4.76. The normalized spacial score (nSPS) is 17.1. The van der Waals surface area contributed by atoms with Crippen molar-refractivity contribution in [3.63, 3.8) is 0 Å². The second-order valence-corrected chi connectivity index (χ2v) is 7.93. The van der Waals surface area contributed by atoms with Crippen molar-refractivity contribution in [3.8, 4) is 5.75 Å². The number of nitrogens with zero attached hydrogens (tertiary/aromatic N) is 2. The van der Waals surface area contributed by atoms with E-state index in [1.54, 1.807) is 4.90 Å². The predicted octanol–water partition coefficient (Wildman–Crippen LogP) is 3.58. The van der Waals surface area contributed by atoms with Gasteiger partial charge in [-0.05, 0) is 63.3 Å². The number of alkyl halides is 1. The zero-order valence-corrected chi connectivity index (χ0v) is 16.0. The molecule has 0 unspecified atom stereocenters. The van der Waals surface area contributed by atoms with Crippen LogP contribution in [-0.2, 0) is 17.6 Å². The van der Waals surface area contributed by atoms with Crippen LogP contribution in [0.1, 0.15) is 38.3 Å². The van der Waals surface area contributed by atoms with E-state index in [0.717, 1.165) is 30.8 Å². The number of anilines is 1. The number of amides is 1. The van der Waals surface area contributed by atoms with Crippen LogP contribution in [-0.4, -0.2) is 56.1 Å². The molecule has 0 bridgehead atoms. The maximum Gasteiger partial charge on any atom is 0.410 e. The lowest BCUT2D eigenvalue weighted by Gasteiger charge is -2.32. The third kappa shape index (κ3) is 4.40. The summed E-state index contributed by atoms with van der Waals surface area (Å²) in [5, 5.41) is 0. The lowest BCUT2D eigenvalue weighted by molar-refractivity contribution is 0.0258. The lowest BCUT2D eigenvalue weighted by Crippen LogP contribution is -2.38. The van der Waals surface area contributed by atoms with Crippen molar-refractivity contribution in [1.29, 1.82) is 0 Å². The zero-order chi connectivity index (χ0) is 18.7. The highest BCUT2D eigenvalue weighted by molar-refractivity contribution is 5.69. The van der Waals surface area contributed by atoms with Gasteiger partial charge in [0.1, 0.15) is 18.0 Å². The number of fused-ring (bicyclic) bond motifs is 2. The van der Waals surface area contributed by atoms with Gasteiger partial charge in [-0.25, -0.2) is 4.79 Å². The Morgan fingerprint density at radius 3 is 2.54 bits per heavy atom. The van der Waals surface area contributed by atoms with E-state index in [1.807, 2.05) is 20.8 Å². The summed E-state index contributed by atoms with van der Waals surface area (Å²) in [5.41, 5.74) is 3.03. The summed E-state index contributed by atoms with van der Waals surface area (Å²) in [7, 11) is 0. The number of rotatable bonds is 3. The van der Waals surface area contributed by atoms with Crippen LogP contribution in [0.25, 0.3) is 0 Å². The molecule has 2 aliphatic rings. The van der Waals surface area contributed by atoms with Crippen LogP contribution in [0, 0.1) is 0 Å². The van der Waals surface area contributed by atoms with Gasteiger partial charge < -0.3 is 19.3 Å². The number of ether oxygens (including phenoxy) is 2. The first-order valence-corrected chi connectivity index (χ1v) is 9.45. The molecular weight excluding hydrogens is 335 g/mol. The topological polar surface area (TPSA) is 42.0 Å². The predicted molar refractivity (Wildman–Crippen MR) is 100.0 cm³/mol. The van der Waals surface area contributed by atoms with Crippen LogP contribution in [0.5, 0.6) is 5.75 Å². The van der Waals surface area contributed by atoms with E-state index < -0.39 is 5.60 Å². The van der Waals surface area contributed by atoms with Crippen LogP contribution in [0.15, 0.2) is 12.1 Å². The number of benzene rings is 1. The summed E-state index contributed by atoms with van der Waals surface area (Å²) < 4.78 is 23.9. The van der Waals surface area contributed by atoms with E-state index >= 15 is 0 Å². The largest absolute Gasteiger partial charge is 0.490 e. The fourth-order valence-electron chi connectivity index (χ4n) is 3.48. The van der Waals surface area contributed by atoms with E-state index in [1.165, 1.54) is 11.1 Å². The van der Waals surface area contributed by atoms with Gasteiger partial charge in [0, 0.05) is 19.6 Å². The van der Waals surface area contributed by atoms with Crippen LogP contribution < -0.4 is 9.64 Å². The second kappa shape index (κ2) is 7.72. The van der Waals surface area contributed by atoms with Gasteiger partial charge in [0.2, 0.25) is 0 Å². The molecule has 2 aliphatic heterocycles. The van der Waals surface area contributed by atoms with Crippen molar-refractivity contribution in [2.75, 3.05) is 44.4 Å². The summed E-state index contributed by atoms with van der Waals surface area (Å²) >= 11 is 0. The van der Waals surface area contributed by atoms with Gasteiger partial charge in [-0.15, -0.1) is 0 Å². The molecule has 5 nitrogen and oxygen atoms in total. The Bertz CT molecular complexity index is 657. The summed E-state index contributed by atoms with van der Waals surface area (Å²) in [5.74, 6) is 0.875. The number of carbonyl (C=O) groups is 1. The van der Waals surface area contributed by atoms with Crippen LogP contribution in [0.3, 0.4) is 0 Å². The molecule has 144 valence electrons. The molecule has 1 amide bonds. The van der Waals surface area contributed by atoms with Crippen LogP contribution >= 0.6 is 0 Å². The molecule has 3 rings (SSSR count). The average Bonchev–Trinajstić information content (AvgIpc) is 2.78. The molecule has 0 N–H and O–H groups in total. The van der Waals surface area contributed by atoms with Gasteiger partial charge in [0.15, 0.2) is 0 Å². The minimum atomic E-state index is -0.486. The maximum absolute atomic E-state index is 12.6. The first kappa shape index (κ1) is 18.8. The molecule has 0 fully saturated rings. The minimum Gasteiger partial charge on any atom is -0.490 e. The number of hydrogen-bond acceptors (Lipinski definition) is 4. The number of hydrogen-bond donors (Lipinski definition) is 0. The monoisotopic (exact) mass is 364 g/mol. The van der Waals surface area contributed by atoms with Crippen LogP contribution in [0.4, 0.5) is 14.9 Å². The van der Waals surface area contributed by atoms with Gasteiger partial charge >= 0.3 is 6.09 Å². The summed E-state index contributed by atoms with van der Waals surface area (Å²) in [6, 6.07) is 4.27. The fraction of sp³-hybridized carbons (Fsp3) is 0.650. The first-order chi connectivity index (χ1) is 12.4. The van der Waals surface area contributed by atoms with Crippen molar-refractivity contribution in [3.05, 3.63) is 23.3 Å². The zero-order valence-electron chi connectivity index (χ0n) is 16.0. The quantitative estimate of drug-likeness (QED) is 0.822. The molecule has 0 saturated heterocycles. The van der Waals surface area contributed by atoms with Crippen molar-refractivity contribution in [1.82, 2.24) is 4.90 Å². The molecule has 2 heterocycles. The van der Waals surface area contributed by atoms with Gasteiger partial charge in [-0.3, -0.25) is 4.39 Å². The molecule has 1 aromatic rings. The van der Waals surface area contributed by atoms with Crippen LogP contribution in [0.2, 0.25) is 0 Å². The highest BCUT2D eigenvalue weighted by Gasteiger charge is 2.26. The van der Waals surface area contributed by atoms with E-state index in [0.29, 0.717) is 32.7 Å². The maximum atomic E-state index is 12.6. The van der Waals surface area contributed by atoms with Crippen molar-refractivity contribution < 1.29 is 18.7 Å². The number of carbonyl (C=O) groups excluding carboxylic acids is 1. The first-order valence-electron chi connectivity index (χ1n) is 9.45. The molecule has 0 atom stereocenters. The Labute approximate surface area is 155 Å². The van der Waals surface area contributed by atoms with E-state index in [-0.39, 0.29) is 12.8 Å². The Kier molecular flexibility index (Phi) is 5.58. The van der Waals surface area contributed by atoms with E-state index in [4.69, 9.17) is 9.47 Å². The Morgan fingerprint density at radius 1 is 1.19 bits per heavy atom. The van der Waals surface area contributed by atoms with Gasteiger partial charge in [0.25, 0.3) is 0 Å². The molecule has 0 aliphatic carbocycles. The van der Waals surface area contributed by atoms with Crippen molar-refractivity contribution in [2.24, 2.45) is 0 Å². The number of halogens is 1. The van der Waals surface area contributed by atoms with E-state index in [2.05, 4.69) is 17.0 Å². The summed E-state index contributed by atoms with van der Waals surface area (Å²) in [6.07, 6.45) is 1.85. The standard InChI is InChI=1S/C20H29FN2O3/c1-20(2,3)26-19(24)23-9-5-15-13-17-18(14-16(15)6-10-23)25-12-11-22(17)8-4-7-21/h13-14H,4-12H2,1-3H3. The minimum absolute atomic E-state index is 0.254. The average molecular weight is 364 g/mol. The molecule has 0 saturated carbocycles. The van der Waals surface area contributed by atoms with Crippen molar-refractivity contribution >= 4 is 11.8 Å². The lowest BCUT2D eigenvalue weighted by atomic mass is 10.0. The molecule has 6 heteroatoms. The SMILES string of the molecule is CC(C)(C)OC(=O)N1CCc2cc3c(cc2CC1)N(CCCF)CCO3. The second-order valence-electron chi connectivity index (χ2n) is 7.93. The molecule has 26 heavy (non-hydrogen) atoms. The summed E-state index contributed by atoms with van der Waals surface area (Å²) in [4.78, 5) is 16.4. The fourth-order valence-corrected chi connectivity index (χ4v) is 3.48. The molecule has 0 spiro atoms. The smallest absolute Gasteiger partial charge is 0.410 e. The van der Waals surface area contributed by atoms with Gasteiger partial charge in [0.05, 0.1) is 18.9 Å². The Morgan fingerprint density at radius 2 is 1.88 bits per heavy atom. The third-order valence-corrected chi connectivity index (χ3v) is 4.76. The molecular formula is C20H29FN2O3. The molecule has 0 aromatic heterocycles. The summed E-state index contributed by atoms with van der Waals surface area (Å²) in [6.45, 7) is 8.76. The Balaban J connectivity index is 1.75. The highest BCUT2D eigenvalue weighted by atomic mass is 19.1. The van der Waals surface area contributed by atoms with E-state index in [9.17, 15) is 9.18 Å². The Hall–Kier alpha value is -1.98. The van der Waals surface area contributed by atoms with Crippen molar-refractivity contribution in [2.45, 2.75) is 45.6 Å². The highest BCUT2D eigenvalue weighted by Crippen LogP contribution is 2.36. The molecule has 1 aromatic carbocycles. The molecule has 0 radical (unpaired) electrons. The van der Waals surface area contributed by atoms with Gasteiger partial charge in [-0.1, -0.05) is 0 Å². The van der Waals surface area contributed by atoms with Gasteiger partial charge in [-0.2, -0.15) is 0 Å².